The first kappa shape index (κ1) is 25.1. The Labute approximate surface area is 207 Å². The van der Waals surface area contributed by atoms with Crippen molar-refractivity contribution in [3.8, 4) is 11.8 Å². The van der Waals surface area contributed by atoms with Gasteiger partial charge in [-0.2, -0.15) is 0 Å². The molecular formula is C23H29N7O6. The van der Waals surface area contributed by atoms with Crippen LogP contribution in [0.15, 0.2) is 17.8 Å². The van der Waals surface area contributed by atoms with Crippen LogP contribution >= 0.6 is 0 Å². The molecule has 36 heavy (non-hydrogen) atoms. The Morgan fingerprint density at radius 1 is 1.31 bits per heavy atom. The average Bonchev–Trinajstić information content (AvgIpc) is 3.41. The minimum Gasteiger partial charge on any atom is -0.506 e. The molecule has 2 aromatic heterocycles. The molecule has 4 rings (SSSR count). The zero-order valence-corrected chi connectivity index (χ0v) is 20.1. The highest BCUT2D eigenvalue weighted by Gasteiger charge is 2.41. The van der Waals surface area contributed by atoms with E-state index in [1.54, 1.807) is 18.7 Å². The Kier molecular flexibility index (Phi) is 7.44. The number of nitrogens with one attached hydrogen (secondary N) is 1. The number of rotatable bonds is 5. The van der Waals surface area contributed by atoms with E-state index in [0.29, 0.717) is 38.6 Å². The fourth-order valence-corrected chi connectivity index (χ4v) is 4.12. The van der Waals surface area contributed by atoms with Gasteiger partial charge in [-0.05, 0) is 38.5 Å². The topological polar surface area (TPSA) is 178 Å². The zero-order chi connectivity index (χ0) is 25.8. The van der Waals surface area contributed by atoms with Gasteiger partial charge >= 0.3 is 6.09 Å². The number of amides is 2. The Bertz CT molecular complexity index is 1240. The number of carbonyl (C=O) groups excluding carboxylic acids is 2. The van der Waals surface area contributed by atoms with Gasteiger partial charge in [-0.3, -0.25) is 9.36 Å². The number of hydrogen-bond acceptors (Lipinski definition) is 10. The number of anilines is 1. The van der Waals surface area contributed by atoms with Crippen LogP contribution < -0.4 is 11.1 Å². The van der Waals surface area contributed by atoms with Crippen molar-refractivity contribution in [3.05, 3.63) is 23.7 Å². The van der Waals surface area contributed by atoms with E-state index in [4.69, 9.17) is 15.2 Å². The molecule has 1 saturated heterocycles. The zero-order valence-electron chi connectivity index (χ0n) is 20.1. The second kappa shape index (κ2) is 10.7. The molecule has 4 heterocycles. The molecule has 2 aromatic rings. The van der Waals surface area contributed by atoms with Gasteiger partial charge in [0.25, 0.3) is 5.91 Å². The highest BCUT2D eigenvalue weighted by atomic mass is 16.6. The minimum absolute atomic E-state index is 0.0967. The fourth-order valence-electron chi connectivity index (χ4n) is 4.12. The van der Waals surface area contributed by atoms with Crippen LogP contribution in [0.2, 0.25) is 0 Å². The second-order valence-electron chi connectivity index (χ2n) is 8.42. The summed E-state index contributed by atoms with van der Waals surface area (Å²) in [7, 11) is 0. The maximum absolute atomic E-state index is 12.1. The molecule has 1 unspecified atom stereocenters. The molecule has 0 aliphatic carbocycles. The van der Waals surface area contributed by atoms with Crippen LogP contribution in [0, 0.1) is 17.8 Å². The molecule has 2 aliphatic rings. The van der Waals surface area contributed by atoms with Crippen LogP contribution in [0.4, 0.5) is 10.6 Å². The van der Waals surface area contributed by atoms with Crippen molar-refractivity contribution < 1.29 is 29.3 Å². The van der Waals surface area contributed by atoms with E-state index in [2.05, 4.69) is 32.1 Å². The number of nitrogen functional groups attached to an aromatic ring is 1. The SMILES string of the molecule is CCNC(=O)C1=C(O)C(O)[C@H](n2cnc3c(N)nc(C#CCC4CCN(C(=O)OCC)CC4)nc32)O1. The maximum atomic E-state index is 12.1. The number of ether oxygens (including phenoxy) is 2. The Balaban J connectivity index is 1.47. The number of aromatic nitrogens is 4. The molecule has 2 atom stereocenters. The summed E-state index contributed by atoms with van der Waals surface area (Å²) in [6.45, 7) is 5.44. The molecule has 13 heteroatoms. The molecule has 2 amide bonds. The predicted molar refractivity (Wildman–Crippen MR) is 127 cm³/mol. The van der Waals surface area contributed by atoms with E-state index in [1.165, 1.54) is 10.9 Å². The van der Waals surface area contributed by atoms with Crippen molar-refractivity contribution in [1.29, 1.82) is 0 Å². The van der Waals surface area contributed by atoms with Crippen LogP contribution in [0.5, 0.6) is 0 Å². The van der Waals surface area contributed by atoms with Crippen LogP contribution in [-0.4, -0.2) is 79.0 Å². The summed E-state index contributed by atoms with van der Waals surface area (Å²) in [6, 6.07) is 0. The van der Waals surface area contributed by atoms with Crippen LogP contribution in [-0.2, 0) is 14.3 Å². The lowest BCUT2D eigenvalue weighted by atomic mass is 9.94. The number of nitrogens with two attached hydrogens (primary N) is 1. The van der Waals surface area contributed by atoms with Gasteiger partial charge in [0, 0.05) is 26.1 Å². The van der Waals surface area contributed by atoms with Gasteiger partial charge in [0.2, 0.25) is 17.8 Å². The summed E-state index contributed by atoms with van der Waals surface area (Å²) >= 11 is 0. The summed E-state index contributed by atoms with van der Waals surface area (Å²) in [5.41, 5.74) is 6.57. The maximum Gasteiger partial charge on any atom is 0.409 e. The number of likely N-dealkylation sites (N-methyl/N-ethyl adjacent to an activating group) is 1. The van der Waals surface area contributed by atoms with Crippen molar-refractivity contribution in [2.24, 2.45) is 5.92 Å². The predicted octanol–water partition coefficient (Wildman–Crippen LogP) is 0.814. The normalized spacial score (nSPS) is 20.1. The van der Waals surface area contributed by atoms with Gasteiger partial charge in [0.05, 0.1) is 6.61 Å². The number of aliphatic hydroxyl groups is 2. The van der Waals surface area contributed by atoms with Crippen molar-refractivity contribution in [1.82, 2.24) is 29.7 Å². The molecule has 5 N–H and O–H groups in total. The number of fused-ring (bicyclic) bond motifs is 1. The summed E-state index contributed by atoms with van der Waals surface area (Å²) in [5.74, 6) is 5.02. The average molecular weight is 500 g/mol. The van der Waals surface area contributed by atoms with Crippen molar-refractivity contribution in [2.75, 3.05) is 32.0 Å². The summed E-state index contributed by atoms with van der Waals surface area (Å²) in [5, 5.41) is 23.2. The quantitative estimate of drug-likeness (QED) is 0.430. The molecule has 0 radical (unpaired) electrons. The Hall–Kier alpha value is -4.05. The van der Waals surface area contributed by atoms with Crippen LogP contribution in [0.1, 0.15) is 45.2 Å². The number of carbonyl (C=O) groups is 2. The third-order valence-electron chi connectivity index (χ3n) is 6.02. The molecule has 192 valence electrons. The third kappa shape index (κ3) is 4.99. The Morgan fingerprint density at radius 2 is 2.06 bits per heavy atom. The van der Waals surface area contributed by atoms with E-state index in [0.717, 1.165) is 12.8 Å². The van der Waals surface area contributed by atoms with Crippen molar-refractivity contribution >= 4 is 29.0 Å². The molecule has 1 fully saturated rings. The number of hydrogen-bond donors (Lipinski definition) is 4. The van der Waals surface area contributed by atoms with E-state index in [1.807, 2.05) is 0 Å². The standard InChI is InChI=1S/C23H29N7O6/c1-3-25-21(33)18-16(31)17(32)22(36-18)30-12-26-15-19(24)27-14(28-20(15)30)7-5-6-13-8-10-29(11-9-13)23(34)35-4-2/h12-13,17,22,31-32H,3-4,6,8-11H2,1-2H3,(H,25,33)(H2,24,27,28)/t17?,22-/m1/s1. The molecule has 0 aromatic carbocycles. The lowest BCUT2D eigenvalue weighted by molar-refractivity contribution is -0.122. The largest absolute Gasteiger partial charge is 0.506 e. The van der Waals surface area contributed by atoms with Gasteiger partial charge in [0.1, 0.15) is 11.8 Å². The molecular weight excluding hydrogens is 470 g/mol. The van der Waals surface area contributed by atoms with Crippen LogP contribution in [0.25, 0.3) is 11.2 Å². The molecule has 0 saturated carbocycles. The Morgan fingerprint density at radius 3 is 2.75 bits per heavy atom. The minimum atomic E-state index is -1.51. The fraction of sp³-hybridized carbons (Fsp3) is 0.522. The number of aliphatic hydroxyl groups excluding tert-OH is 2. The smallest absolute Gasteiger partial charge is 0.409 e. The monoisotopic (exact) mass is 499 g/mol. The molecule has 13 nitrogen and oxygen atoms in total. The van der Waals surface area contributed by atoms with E-state index >= 15 is 0 Å². The van der Waals surface area contributed by atoms with Gasteiger partial charge in [-0.1, -0.05) is 5.92 Å². The summed E-state index contributed by atoms with van der Waals surface area (Å²) in [6.07, 6.45) is 0.627. The van der Waals surface area contributed by atoms with Crippen LogP contribution in [0.3, 0.4) is 0 Å². The number of imidazole rings is 1. The lowest BCUT2D eigenvalue weighted by Gasteiger charge is -2.30. The highest BCUT2D eigenvalue weighted by molar-refractivity contribution is 5.92. The molecule has 0 spiro atoms. The first-order chi connectivity index (χ1) is 17.3. The van der Waals surface area contributed by atoms with Crippen molar-refractivity contribution in [3.63, 3.8) is 0 Å². The van der Waals surface area contributed by atoms with E-state index in [-0.39, 0.29) is 34.7 Å². The highest BCUT2D eigenvalue weighted by Crippen LogP contribution is 2.33. The number of piperidine rings is 1. The van der Waals surface area contributed by atoms with Gasteiger partial charge in [0.15, 0.2) is 23.3 Å². The van der Waals surface area contributed by atoms with Gasteiger partial charge in [-0.25, -0.2) is 19.7 Å². The van der Waals surface area contributed by atoms with E-state index < -0.39 is 24.0 Å². The third-order valence-corrected chi connectivity index (χ3v) is 6.02. The summed E-state index contributed by atoms with van der Waals surface area (Å²) < 4.78 is 12.0. The second-order valence-corrected chi connectivity index (χ2v) is 8.42. The van der Waals surface area contributed by atoms with Crippen molar-refractivity contribution in [2.45, 2.75) is 45.4 Å². The van der Waals surface area contributed by atoms with Gasteiger partial charge in [-0.15, -0.1) is 0 Å². The lowest BCUT2D eigenvalue weighted by Crippen LogP contribution is -2.38. The van der Waals surface area contributed by atoms with Gasteiger partial charge < -0.3 is 35.6 Å². The first-order valence-corrected chi connectivity index (χ1v) is 11.8. The molecule has 2 aliphatic heterocycles. The number of likely N-dealkylation sites (tertiary alicyclic amines) is 1. The molecule has 0 bridgehead atoms. The first-order valence-electron chi connectivity index (χ1n) is 11.8. The summed E-state index contributed by atoms with van der Waals surface area (Å²) in [4.78, 5) is 38.5. The number of nitrogens with zero attached hydrogens (tertiary/aromatic N) is 5. The van der Waals surface area contributed by atoms with E-state index in [9.17, 15) is 19.8 Å².